The molecule has 0 aliphatic heterocycles. The first-order valence-corrected chi connectivity index (χ1v) is 5.83. The van der Waals surface area contributed by atoms with Gasteiger partial charge >= 0.3 is 5.97 Å². The van der Waals surface area contributed by atoms with E-state index in [0.29, 0.717) is 18.7 Å². The van der Waals surface area contributed by atoms with Crippen LogP contribution in [0.25, 0.3) is 6.08 Å². The second kappa shape index (κ2) is 7.33. The maximum Gasteiger partial charge on any atom is 0.328 e. The number of aryl methyl sites for hydroxylation is 1. The average Bonchev–Trinajstić information content (AvgIpc) is 2.35. The Balaban J connectivity index is 2.71. The zero-order valence-corrected chi connectivity index (χ0v) is 11.0. The van der Waals surface area contributed by atoms with Crippen molar-refractivity contribution in [2.24, 2.45) is 0 Å². The predicted molar refractivity (Wildman–Crippen MR) is 73.0 cm³/mol. The fourth-order valence-corrected chi connectivity index (χ4v) is 1.52. The molecule has 0 bridgehead atoms. The zero-order valence-electron chi connectivity index (χ0n) is 11.0. The van der Waals surface area contributed by atoms with Crippen molar-refractivity contribution in [2.75, 3.05) is 19.0 Å². The van der Waals surface area contributed by atoms with Crippen LogP contribution in [0.3, 0.4) is 0 Å². The van der Waals surface area contributed by atoms with Crippen molar-refractivity contribution in [3.8, 4) is 0 Å². The van der Waals surface area contributed by atoms with Crippen molar-refractivity contribution in [3.05, 3.63) is 35.4 Å². The number of nitrogens with one attached hydrogen (secondary N) is 1. The van der Waals surface area contributed by atoms with E-state index in [1.807, 2.05) is 6.92 Å². The minimum Gasteiger partial charge on any atom is -0.478 e. The Morgan fingerprint density at radius 3 is 2.74 bits per heavy atom. The molecule has 1 amide bonds. The summed E-state index contributed by atoms with van der Waals surface area (Å²) in [6.45, 7) is 2.23. The molecule has 0 aliphatic carbocycles. The van der Waals surface area contributed by atoms with Crippen LogP contribution in [0.5, 0.6) is 0 Å². The van der Waals surface area contributed by atoms with Crippen LogP contribution in [0, 0.1) is 6.92 Å². The number of amides is 1. The van der Waals surface area contributed by atoms with Gasteiger partial charge in [-0.2, -0.15) is 0 Å². The van der Waals surface area contributed by atoms with Gasteiger partial charge in [0.25, 0.3) is 0 Å². The maximum atomic E-state index is 11.5. The smallest absolute Gasteiger partial charge is 0.328 e. The summed E-state index contributed by atoms with van der Waals surface area (Å²) in [4.78, 5) is 21.9. The monoisotopic (exact) mass is 263 g/mol. The lowest BCUT2D eigenvalue weighted by Crippen LogP contribution is -2.13. The normalized spacial score (nSPS) is 10.6. The fourth-order valence-electron chi connectivity index (χ4n) is 1.52. The van der Waals surface area contributed by atoms with E-state index in [1.165, 1.54) is 6.08 Å². The molecule has 0 atom stereocenters. The second-order valence-electron chi connectivity index (χ2n) is 4.03. The van der Waals surface area contributed by atoms with Crippen molar-refractivity contribution >= 4 is 23.6 Å². The SMILES string of the molecule is COCCC(=O)Nc1ccc(C=CC(=O)O)c(C)c1. The highest BCUT2D eigenvalue weighted by atomic mass is 16.5. The molecule has 102 valence electrons. The van der Waals surface area contributed by atoms with E-state index in [4.69, 9.17) is 9.84 Å². The lowest BCUT2D eigenvalue weighted by molar-refractivity contribution is -0.131. The molecule has 1 aromatic rings. The van der Waals surface area contributed by atoms with E-state index >= 15 is 0 Å². The molecular weight excluding hydrogens is 246 g/mol. The Morgan fingerprint density at radius 2 is 2.16 bits per heavy atom. The van der Waals surface area contributed by atoms with E-state index in [-0.39, 0.29) is 5.91 Å². The number of anilines is 1. The third-order valence-electron chi connectivity index (χ3n) is 2.49. The number of rotatable bonds is 6. The topological polar surface area (TPSA) is 75.6 Å². The van der Waals surface area contributed by atoms with Gasteiger partial charge in [0.2, 0.25) is 5.91 Å². The summed E-state index contributed by atoms with van der Waals surface area (Å²) in [5.41, 5.74) is 2.38. The zero-order chi connectivity index (χ0) is 14.3. The highest BCUT2D eigenvalue weighted by molar-refractivity contribution is 5.91. The third kappa shape index (κ3) is 5.35. The number of hydrogen-bond donors (Lipinski definition) is 2. The first-order valence-electron chi connectivity index (χ1n) is 5.83. The maximum absolute atomic E-state index is 11.5. The highest BCUT2D eigenvalue weighted by Crippen LogP contribution is 2.16. The molecule has 19 heavy (non-hydrogen) atoms. The van der Waals surface area contributed by atoms with Gasteiger partial charge in [0.1, 0.15) is 0 Å². The molecule has 0 spiro atoms. The van der Waals surface area contributed by atoms with Crippen molar-refractivity contribution in [1.82, 2.24) is 0 Å². The lowest BCUT2D eigenvalue weighted by Gasteiger charge is -2.07. The van der Waals surface area contributed by atoms with Crippen LogP contribution < -0.4 is 5.32 Å². The van der Waals surface area contributed by atoms with Crippen LogP contribution >= 0.6 is 0 Å². The number of carbonyl (C=O) groups is 2. The number of benzene rings is 1. The summed E-state index contributed by atoms with van der Waals surface area (Å²) < 4.78 is 4.82. The number of carbonyl (C=O) groups excluding carboxylic acids is 1. The molecule has 1 rings (SSSR count). The summed E-state index contributed by atoms with van der Waals surface area (Å²) >= 11 is 0. The van der Waals surface area contributed by atoms with Gasteiger partial charge in [-0.1, -0.05) is 6.07 Å². The second-order valence-corrected chi connectivity index (χ2v) is 4.03. The standard InChI is InChI=1S/C14H17NO4/c1-10-9-12(15-13(16)7-8-19-2)5-3-11(10)4-6-14(17)18/h3-6,9H,7-8H2,1-2H3,(H,15,16)(H,17,18). The number of carboxylic acids is 1. The molecule has 5 heteroatoms. The Morgan fingerprint density at radius 1 is 1.42 bits per heavy atom. The molecule has 0 fully saturated rings. The summed E-state index contributed by atoms with van der Waals surface area (Å²) in [6, 6.07) is 5.30. The molecule has 5 nitrogen and oxygen atoms in total. The third-order valence-corrected chi connectivity index (χ3v) is 2.49. The fraction of sp³-hybridized carbons (Fsp3) is 0.286. The Labute approximate surface area is 111 Å². The molecule has 0 aromatic heterocycles. The van der Waals surface area contributed by atoms with Crippen LogP contribution in [-0.4, -0.2) is 30.7 Å². The molecule has 0 heterocycles. The Bertz CT molecular complexity index is 494. The number of hydrogen-bond acceptors (Lipinski definition) is 3. The molecule has 0 saturated heterocycles. The number of aliphatic carboxylic acids is 1. The van der Waals surface area contributed by atoms with Crippen molar-refractivity contribution in [2.45, 2.75) is 13.3 Å². The summed E-state index contributed by atoms with van der Waals surface area (Å²) in [7, 11) is 1.54. The number of methoxy groups -OCH3 is 1. The van der Waals surface area contributed by atoms with Crippen LogP contribution in [0.1, 0.15) is 17.5 Å². The van der Waals surface area contributed by atoms with Crippen LogP contribution in [0.4, 0.5) is 5.69 Å². The Kier molecular flexibility index (Phi) is 5.75. The predicted octanol–water partition coefficient (Wildman–Crippen LogP) is 2.07. The first-order chi connectivity index (χ1) is 9.02. The molecule has 0 unspecified atom stereocenters. The average molecular weight is 263 g/mol. The minimum absolute atomic E-state index is 0.116. The van der Waals surface area contributed by atoms with Crippen molar-refractivity contribution in [1.29, 1.82) is 0 Å². The summed E-state index contributed by atoms with van der Waals surface area (Å²) in [6.07, 6.45) is 2.91. The minimum atomic E-state index is -0.989. The van der Waals surface area contributed by atoms with Gasteiger partial charge in [-0.25, -0.2) is 4.79 Å². The van der Waals surface area contributed by atoms with Gasteiger partial charge < -0.3 is 15.2 Å². The number of ether oxygens (including phenoxy) is 1. The molecular formula is C14H17NO4. The molecule has 0 radical (unpaired) electrons. The van der Waals surface area contributed by atoms with Gasteiger partial charge in [-0.15, -0.1) is 0 Å². The van der Waals surface area contributed by atoms with Crippen molar-refractivity contribution < 1.29 is 19.4 Å². The molecule has 0 aliphatic rings. The van der Waals surface area contributed by atoms with E-state index in [9.17, 15) is 9.59 Å². The van der Waals surface area contributed by atoms with Crippen molar-refractivity contribution in [3.63, 3.8) is 0 Å². The molecule has 2 N–H and O–H groups in total. The summed E-state index contributed by atoms with van der Waals surface area (Å²) in [5, 5.41) is 11.3. The van der Waals surface area contributed by atoms with Gasteiger partial charge in [-0.05, 0) is 36.3 Å². The van der Waals surface area contributed by atoms with Gasteiger partial charge in [0.15, 0.2) is 0 Å². The largest absolute Gasteiger partial charge is 0.478 e. The van der Waals surface area contributed by atoms with E-state index in [1.54, 1.807) is 25.3 Å². The van der Waals surface area contributed by atoms with E-state index in [0.717, 1.165) is 17.2 Å². The van der Waals surface area contributed by atoms with Crippen LogP contribution in [0.15, 0.2) is 24.3 Å². The van der Waals surface area contributed by atoms with E-state index in [2.05, 4.69) is 5.32 Å². The highest BCUT2D eigenvalue weighted by Gasteiger charge is 2.03. The summed E-state index contributed by atoms with van der Waals surface area (Å²) in [5.74, 6) is -1.11. The first kappa shape index (κ1) is 14.9. The molecule has 1 aromatic carbocycles. The quantitative estimate of drug-likeness (QED) is 0.770. The lowest BCUT2D eigenvalue weighted by atomic mass is 10.1. The van der Waals surface area contributed by atoms with Crippen LogP contribution in [-0.2, 0) is 14.3 Å². The van der Waals surface area contributed by atoms with Gasteiger partial charge in [-0.3, -0.25) is 4.79 Å². The van der Waals surface area contributed by atoms with Crippen LogP contribution in [0.2, 0.25) is 0 Å². The molecule has 0 saturated carbocycles. The Hall–Kier alpha value is -2.14. The van der Waals surface area contributed by atoms with Gasteiger partial charge in [0, 0.05) is 18.9 Å². The van der Waals surface area contributed by atoms with E-state index < -0.39 is 5.97 Å². The number of carboxylic acid groups (broad SMARTS) is 1. The van der Waals surface area contributed by atoms with Gasteiger partial charge in [0.05, 0.1) is 13.0 Å².